The zero-order valence-corrected chi connectivity index (χ0v) is 11.1. The van der Waals surface area contributed by atoms with Crippen LogP contribution < -0.4 is 11.1 Å². The number of nitrogens with two attached hydrogens (primary N) is 1. The highest BCUT2D eigenvalue weighted by Gasteiger charge is 2.32. The first-order chi connectivity index (χ1) is 8.27. The van der Waals surface area contributed by atoms with Crippen LogP contribution in [0.15, 0.2) is 23.4 Å². The lowest BCUT2D eigenvalue weighted by Crippen LogP contribution is -2.42. The van der Waals surface area contributed by atoms with E-state index in [1.165, 1.54) is 0 Å². The molecule has 1 amide bonds. The Morgan fingerprint density at radius 2 is 1.78 bits per heavy atom. The summed E-state index contributed by atoms with van der Waals surface area (Å²) in [5, 5.41) is 14.3. The van der Waals surface area contributed by atoms with Gasteiger partial charge in [0.1, 0.15) is 5.41 Å². The van der Waals surface area contributed by atoms with Crippen LogP contribution in [-0.4, -0.2) is 17.0 Å². The molecule has 18 heavy (non-hydrogen) atoms. The van der Waals surface area contributed by atoms with Gasteiger partial charge in [0.05, 0.1) is 0 Å². The van der Waals surface area contributed by atoms with Crippen LogP contribution >= 0.6 is 0 Å². The number of carbonyl (C=O) groups is 1. The van der Waals surface area contributed by atoms with E-state index < -0.39 is 5.41 Å². The number of rotatable bonds is 3. The van der Waals surface area contributed by atoms with Gasteiger partial charge >= 0.3 is 0 Å². The maximum absolute atomic E-state index is 12.1. The van der Waals surface area contributed by atoms with Crippen molar-refractivity contribution in [3.63, 3.8) is 0 Å². The molecule has 0 spiro atoms. The summed E-state index contributed by atoms with van der Waals surface area (Å²) in [6.45, 7) is 7.11. The van der Waals surface area contributed by atoms with Gasteiger partial charge in [-0.05, 0) is 51.0 Å². The standard InChI is InChI=1S/C13H19N3O2/c1-8-5-9(2)7-10(6-8)15-12(17)13(3,4)11(14)16-18/h5-7,18H,1-4H3,(H2,14,16)(H,15,17). The Balaban J connectivity index is 2.94. The van der Waals surface area contributed by atoms with Crippen molar-refractivity contribution in [1.29, 1.82) is 0 Å². The molecule has 1 aromatic carbocycles. The maximum atomic E-state index is 12.1. The fourth-order valence-corrected chi connectivity index (χ4v) is 1.58. The minimum Gasteiger partial charge on any atom is -0.409 e. The summed E-state index contributed by atoms with van der Waals surface area (Å²) < 4.78 is 0. The van der Waals surface area contributed by atoms with Crippen LogP contribution in [0.3, 0.4) is 0 Å². The Bertz CT molecular complexity index is 473. The molecular formula is C13H19N3O2. The van der Waals surface area contributed by atoms with Gasteiger partial charge in [0.25, 0.3) is 0 Å². The van der Waals surface area contributed by atoms with Crippen LogP contribution in [0.5, 0.6) is 0 Å². The average molecular weight is 249 g/mol. The number of amides is 1. The number of aryl methyl sites for hydroxylation is 2. The van der Waals surface area contributed by atoms with E-state index in [-0.39, 0.29) is 11.7 Å². The third kappa shape index (κ3) is 3.00. The van der Waals surface area contributed by atoms with E-state index in [0.717, 1.165) is 11.1 Å². The topological polar surface area (TPSA) is 87.7 Å². The molecule has 0 aliphatic heterocycles. The van der Waals surface area contributed by atoms with Gasteiger partial charge in [0.15, 0.2) is 5.84 Å². The van der Waals surface area contributed by atoms with Crippen LogP contribution in [0.2, 0.25) is 0 Å². The van der Waals surface area contributed by atoms with Crippen molar-refractivity contribution in [1.82, 2.24) is 0 Å². The number of hydrogen-bond donors (Lipinski definition) is 3. The normalized spacial score (nSPS) is 12.3. The Morgan fingerprint density at radius 1 is 1.28 bits per heavy atom. The predicted molar refractivity (Wildman–Crippen MR) is 71.7 cm³/mol. The van der Waals surface area contributed by atoms with Gasteiger partial charge in [-0.25, -0.2) is 0 Å². The highest BCUT2D eigenvalue weighted by molar-refractivity contribution is 6.11. The van der Waals surface area contributed by atoms with E-state index in [4.69, 9.17) is 10.9 Å². The summed E-state index contributed by atoms with van der Waals surface area (Å²) in [4.78, 5) is 12.1. The highest BCUT2D eigenvalue weighted by Crippen LogP contribution is 2.20. The number of carbonyl (C=O) groups excluding carboxylic acids is 1. The van der Waals surface area contributed by atoms with Crippen molar-refractivity contribution in [2.45, 2.75) is 27.7 Å². The summed E-state index contributed by atoms with van der Waals surface area (Å²) >= 11 is 0. The lowest BCUT2D eigenvalue weighted by Gasteiger charge is -2.22. The molecule has 0 unspecified atom stereocenters. The first-order valence-electron chi connectivity index (χ1n) is 5.65. The molecule has 0 saturated carbocycles. The Kier molecular flexibility index (Phi) is 3.96. The minimum atomic E-state index is -1.06. The van der Waals surface area contributed by atoms with Gasteiger partial charge in [-0.2, -0.15) is 0 Å². The Labute approximate surface area is 107 Å². The van der Waals surface area contributed by atoms with Crippen molar-refractivity contribution in [3.8, 4) is 0 Å². The Hall–Kier alpha value is -2.04. The Morgan fingerprint density at radius 3 is 2.22 bits per heavy atom. The molecule has 98 valence electrons. The predicted octanol–water partition coefficient (Wildman–Crippen LogP) is 2.01. The van der Waals surface area contributed by atoms with Gasteiger partial charge in [0, 0.05) is 5.69 Å². The van der Waals surface area contributed by atoms with Crippen molar-refractivity contribution < 1.29 is 10.0 Å². The fourth-order valence-electron chi connectivity index (χ4n) is 1.58. The largest absolute Gasteiger partial charge is 0.409 e. The lowest BCUT2D eigenvalue weighted by molar-refractivity contribution is -0.121. The summed E-state index contributed by atoms with van der Waals surface area (Å²) in [6, 6.07) is 5.75. The van der Waals surface area contributed by atoms with Crippen molar-refractivity contribution >= 4 is 17.4 Å². The zero-order chi connectivity index (χ0) is 13.9. The van der Waals surface area contributed by atoms with Gasteiger partial charge in [0.2, 0.25) is 5.91 Å². The molecule has 0 radical (unpaired) electrons. The quantitative estimate of drug-likeness (QED) is 0.331. The molecule has 0 heterocycles. The van der Waals surface area contributed by atoms with Gasteiger partial charge in [-0.3, -0.25) is 4.79 Å². The molecule has 0 aliphatic carbocycles. The van der Waals surface area contributed by atoms with Crippen molar-refractivity contribution in [2.24, 2.45) is 16.3 Å². The van der Waals surface area contributed by atoms with Crippen LogP contribution in [-0.2, 0) is 4.79 Å². The van der Waals surface area contributed by atoms with Crippen molar-refractivity contribution in [3.05, 3.63) is 29.3 Å². The molecular weight excluding hydrogens is 230 g/mol. The molecule has 0 atom stereocenters. The van der Waals surface area contributed by atoms with E-state index in [0.29, 0.717) is 5.69 Å². The summed E-state index contributed by atoms with van der Waals surface area (Å²) in [5.41, 5.74) is 7.27. The average Bonchev–Trinajstić information content (AvgIpc) is 2.26. The summed E-state index contributed by atoms with van der Waals surface area (Å²) in [6.07, 6.45) is 0. The molecule has 5 heteroatoms. The van der Waals surface area contributed by atoms with E-state index >= 15 is 0 Å². The molecule has 4 N–H and O–H groups in total. The number of hydrogen-bond acceptors (Lipinski definition) is 3. The summed E-state index contributed by atoms with van der Waals surface area (Å²) in [7, 11) is 0. The third-order valence-corrected chi connectivity index (χ3v) is 2.80. The third-order valence-electron chi connectivity index (χ3n) is 2.80. The highest BCUT2D eigenvalue weighted by atomic mass is 16.4. The lowest BCUT2D eigenvalue weighted by atomic mass is 9.91. The van der Waals surface area contributed by atoms with Gasteiger partial charge in [-0.1, -0.05) is 11.2 Å². The first kappa shape index (κ1) is 14.0. The second-order valence-electron chi connectivity index (χ2n) is 4.94. The van der Waals surface area contributed by atoms with E-state index in [1.807, 2.05) is 32.0 Å². The number of oxime groups is 1. The smallest absolute Gasteiger partial charge is 0.237 e. The van der Waals surface area contributed by atoms with Gasteiger partial charge < -0.3 is 16.3 Å². The monoisotopic (exact) mass is 249 g/mol. The second-order valence-corrected chi connectivity index (χ2v) is 4.94. The van der Waals surface area contributed by atoms with Crippen LogP contribution in [0.25, 0.3) is 0 Å². The molecule has 0 bridgehead atoms. The fraction of sp³-hybridized carbons (Fsp3) is 0.385. The van der Waals surface area contributed by atoms with Crippen LogP contribution in [0.1, 0.15) is 25.0 Å². The number of anilines is 1. The first-order valence-corrected chi connectivity index (χ1v) is 5.65. The molecule has 1 rings (SSSR count). The SMILES string of the molecule is Cc1cc(C)cc(NC(=O)C(C)(C)C(N)=NO)c1. The second kappa shape index (κ2) is 5.08. The number of nitrogens with zero attached hydrogens (tertiary/aromatic N) is 1. The summed E-state index contributed by atoms with van der Waals surface area (Å²) in [5.74, 6) is -0.438. The molecule has 0 fully saturated rings. The van der Waals surface area contributed by atoms with E-state index in [2.05, 4.69) is 10.5 Å². The number of amidine groups is 1. The zero-order valence-electron chi connectivity index (χ0n) is 11.1. The van der Waals surface area contributed by atoms with Crippen molar-refractivity contribution in [2.75, 3.05) is 5.32 Å². The molecule has 5 nitrogen and oxygen atoms in total. The number of benzene rings is 1. The maximum Gasteiger partial charge on any atom is 0.237 e. The van der Waals surface area contributed by atoms with E-state index in [1.54, 1.807) is 13.8 Å². The molecule has 0 aliphatic rings. The van der Waals surface area contributed by atoms with E-state index in [9.17, 15) is 4.79 Å². The molecule has 0 saturated heterocycles. The van der Waals surface area contributed by atoms with Crippen LogP contribution in [0, 0.1) is 19.3 Å². The number of nitrogens with one attached hydrogen (secondary N) is 1. The molecule has 0 aromatic heterocycles. The van der Waals surface area contributed by atoms with Crippen LogP contribution in [0.4, 0.5) is 5.69 Å². The van der Waals surface area contributed by atoms with Gasteiger partial charge in [-0.15, -0.1) is 0 Å². The molecule has 1 aromatic rings. The minimum absolute atomic E-state index is 0.121.